The molecule has 2 aromatic rings. The highest BCUT2D eigenvalue weighted by molar-refractivity contribution is 14.0. The fourth-order valence-corrected chi connectivity index (χ4v) is 3.44. The van der Waals surface area contributed by atoms with Crippen LogP contribution < -0.4 is 10.6 Å². The number of hydrogen-bond donors (Lipinski definition) is 2. The molecule has 140 valence electrons. The van der Waals surface area contributed by atoms with Crippen molar-refractivity contribution in [3.63, 3.8) is 0 Å². The number of thiophene rings is 1. The van der Waals surface area contributed by atoms with Gasteiger partial charge in [0.2, 0.25) is 0 Å². The number of halogens is 4. The van der Waals surface area contributed by atoms with Gasteiger partial charge in [-0.2, -0.15) is 13.2 Å². The maximum atomic E-state index is 12.5. The Kier molecular flexibility index (Phi) is 9.14. The van der Waals surface area contributed by atoms with Gasteiger partial charge in [-0.1, -0.05) is 13.0 Å². The van der Waals surface area contributed by atoms with Crippen LogP contribution in [0.1, 0.15) is 35.3 Å². The fourth-order valence-electron chi connectivity index (χ4n) is 1.92. The Morgan fingerprint density at radius 1 is 1.32 bits per heavy atom. The summed E-state index contributed by atoms with van der Waals surface area (Å²) in [4.78, 5) is 9.16. The molecule has 0 amide bonds. The van der Waals surface area contributed by atoms with E-state index in [4.69, 9.17) is 0 Å². The zero-order valence-corrected chi connectivity index (χ0v) is 17.7. The van der Waals surface area contributed by atoms with Crippen molar-refractivity contribution < 1.29 is 13.2 Å². The van der Waals surface area contributed by atoms with Crippen molar-refractivity contribution in [3.05, 3.63) is 38.5 Å². The van der Waals surface area contributed by atoms with Crippen LogP contribution >= 0.6 is 46.7 Å². The molecule has 1 unspecified atom stereocenters. The van der Waals surface area contributed by atoms with Gasteiger partial charge in [-0.3, -0.25) is 0 Å². The molecule has 0 aromatic carbocycles. The first-order valence-corrected chi connectivity index (χ1v) is 9.23. The molecule has 25 heavy (non-hydrogen) atoms. The van der Waals surface area contributed by atoms with Gasteiger partial charge in [0.15, 0.2) is 11.7 Å². The van der Waals surface area contributed by atoms with Crippen molar-refractivity contribution in [1.82, 2.24) is 15.6 Å². The third-order valence-electron chi connectivity index (χ3n) is 3.16. The molecule has 0 spiro atoms. The van der Waals surface area contributed by atoms with Gasteiger partial charge in [-0.15, -0.1) is 46.7 Å². The van der Waals surface area contributed by atoms with E-state index in [0.717, 1.165) is 16.7 Å². The van der Waals surface area contributed by atoms with Crippen LogP contribution in [0.15, 0.2) is 27.9 Å². The number of nitrogens with one attached hydrogen (secondary N) is 2. The molecular formula is C15H20F3IN4S2. The number of aliphatic imine (C=N–C) groups is 1. The predicted octanol–water partition coefficient (Wildman–Crippen LogP) is 4.70. The lowest BCUT2D eigenvalue weighted by Gasteiger charge is -2.14. The summed E-state index contributed by atoms with van der Waals surface area (Å²) in [6.07, 6.45) is -4.41. The van der Waals surface area contributed by atoms with Crippen molar-refractivity contribution in [1.29, 1.82) is 0 Å². The molecular weight excluding hydrogens is 484 g/mol. The molecule has 0 radical (unpaired) electrons. The monoisotopic (exact) mass is 504 g/mol. The molecule has 2 heterocycles. The van der Waals surface area contributed by atoms with Crippen LogP contribution in [0.5, 0.6) is 0 Å². The van der Waals surface area contributed by atoms with Gasteiger partial charge in [-0.05, 0) is 18.4 Å². The second-order valence-electron chi connectivity index (χ2n) is 5.12. The fraction of sp³-hybridized carbons (Fsp3) is 0.467. The molecule has 0 aliphatic heterocycles. The van der Waals surface area contributed by atoms with Crippen LogP contribution in [-0.4, -0.2) is 24.0 Å². The summed E-state index contributed by atoms with van der Waals surface area (Å²) in [7, 11) is 0. The molecule has 1 atom stereocenters. The van der Waals surface area contributed by atoms with Crippen molar-refractivity contribution in [2.75, 3.05) is 13.1 Å². The number of nitrogens with zero attached hydrogens (tertiary/aromatic N) is 2. The lowest BCUT2D eigenvalue weighted by molar-refractivity contribution is -0.140. The predicted molar refractivity (Wildman–Crippen MR) is 108 cm³/mol. The van der Waals surface area contributed by atoms with Crippen LogP contribution in [0, 0.1) is 0 Å². The third kappa shape index (κ3) is 7.10. The van der Waals surface area contributed by atoms with Gasteiger partial charge in [0.1, 0.15) is 5.01 Å². The number of alkyl halides is 3. The number of rotatable bonds is 6. The number of guanidine groups is 1. The van der Waals surface area contributed by atoms with E-state index in [1.807, 2.05) is 18.4 Å². The summed E-state index contributed by atoms with van der Waals surface area (Å²) in [6, 6.07) is 4.09. The molecule has 0 saturated heterocycles. The summed E-state index contributed by atoms with van der Waals surface area (Å²) in [5.74, 6) is 0.898. The topological polar surface area (TPSA) is 49.3 Å². The quantitative estimate of drug-likeness (QED) is 0.341. The summed E-state index contributed by atoms with van der Waals surface area (Å²) in [6.45, 7) is 5.52. The SMILES string of the molecule is CCNC(=NCc1nc(C(F)(F)F)cs1)NCC(C)c1cccs1.I. The minimum Gasteiger partial charge on any atom is -0.357 e. The molecule has 2 aromatic heterocycles. The van der Waals surface area contributed by atoms with Gasteiger partial charge >= 0.3 is 6.18 Å². The largest absolute Gasteiger partial charge is 0.434 e. The van der Waals surface area contributed by atoms with Gasteiger partial charge < -0.3 is 10.6 Å². The van der Waals surface area contributed by atoms with E-state index in [-0.39, 0.29) is 30.5 Å². The first-order chi connectivity index (χ1) is 11.4. The highest BCUT2D eigenvalue weighted by Crippen LogP contribution is 2.30. The average Bonchev–Trinajstić information content (AvgIpc) is 3.20. The summed E-state index contributed by atoms with van der Waals surface area (Å²) in [5.41, 5.74) is -0.859. The summed E-state index contributed by atoms with van der Waals surface area (Å²) < 4.78 is 37.6. The Bertz CT molecular complexity index is 656. The second-order valence-corrected chi connectivity index (χ2v) is 7.04. The number of thiazole rings is 1. The Morgan fingerprint density at radius 2 is 2.08 bits per heavy atom. The molecule has 0 bridgehead atoms. The van der Waals surface area contributed by atoms with Crippen molar-refractivity contribution >= 4 is 52.6 Å². The van der Waals surface area contributed by atoms with Crippen molar-refractivity contribution in [2.45, 2.75) is 32.5 Å². The average molecular weight is 504 g/mol. The maximum absolute atomic E-state index is 12.5. The van der Waals surface area contributed by atoms with Crippen molar-refractivity contribution in [2.24, 2.45) is 4.99 Å². The van der Waals surface area contributed by atoms with Gasteiger partial charge in [0.05, 0.1) is 6.54 Å². The van der Waals surface area contributed by atoms with Crippen LogP contribution in [0.25, 0.3) is 0 Å². The first kappa shape index (κ1) is 22.2. The van der Waals surface area contributed by atoms with Crippen LogP contribution in [-0.2, 0) is 12.7 Å². The minimum absolute atomic E-state index is 0. The van der Waals surface area contributed by atoms with E-state index in [1.54, 1.807) is 11.3 Å². The molecule has 0 aliphatic rings. The Hall–Kier alpha value is -0.880. The van der Waals surface area contributed by atoms with E-state index >= 15 is 0 Å². The van der Waals surface area contributed by atoms with E-state index in [1.165, 1.54) is 4.88 Å². The Balaban J connectivity index is 0.00000312. The zero-order chi connectivity index (χ0) is 17.6. The third-order valence-corrected chi connectivity index (χ3v) is 5.10. The van der Waals surface area contributed by atoms with Crippen molar-refractivity contribution in [3.8, 4) is 0 Å². The smallest absolute Gasteiger partial charge is 0.357 e. The van der Waals surface area contributed by atoms with Gasteiger partial charge in [0, 0.05) is 29.3 Å². The Morgan fingerprint density at radius 3 is 2.64 bits per heavy atom. The van der Waals surface area contributed by atoms with E-state index in [9.17, 15) is 13.2 Å². The van der Waals surface area contributed by atoms with Gasteiger partial charge in [0.25, 0.3) is 0 Å². The molecule has 10 heteroatoms. The standard InChI is InChI=1S/C15H19F3N4S2.HI/c1-3-19-14(20-7-10(2)11-5-4-6-23-11)21-8-13-22-12(9-24-13)15(16,17)18;/h4-6,9-10H,3,7-8H2,1-2H3,(H2,19,20,21);1H. The summed E-state index contributed by atoms with van der Waals surface area (Å²) >= 11 is 2.66. The van der Waals surface area contributed by atoms with E-state index < -0.39 is 11.9 Å². The molecule has 0 aliphatic carbocycles. The van der Waals surface area contributed by atoms with E-state index in [2.05, 4.69) is 33.6 Å². The lowest BCUT2D eigenvalue weighted by Crippen LogP contribution is -2.39. The maximum Gasteiger partial charge on any atom is 0.434 e. The molecule has 2 rings (SSSR count). The molecule has 4 nitrogen and oxygen atoms in total. The van der Waals surface area contributed by atoms with E-state index in [0.29, 0.717) is 30.0 Å². The van der Waals surface area contributed by atoms with Crippen LogP contribution in [0.4, 0.5) is 13.2 Å². The Labute approximate surface area is 170 Å². The highest BCUT2D eigenvalue weighted by atomic mass is 127. The number of hydrogen-bond acceptors (Lipinski definition) is 4. The lowest BCUT2D eigenvalue weighted by atomic mass is 10.1. The molecule has 2 N–H and O–H groups in total. The molecule has 0 saturated carbocycles. The number of aromatic nitrogens is 1. The highest BCUT2D eigenvalue weighted by Gasteiger charge is 2.33. The summed E-state index contributed by atoms with van der Waals surface area (Å²) in [5, 5.41) is 9.69. The minimum atomic E-state index is -4.41. The zero-order valence-electron chi connectivity index (χ0n) is 13.8. The normalized spacial score (nSPS) is 13.2. The van der Waals surface area contributed by atoms with Crippen LogP contribution in [0.2, 0.25) is 0 Å². The van der Waals surface area contributed by atoms with Crippen LogP contribution in [0.3, 0.4) is 0 Å². The van der Waals surface area contributed by atoms with Gasteiger partial charge in [-0.25, -0.2) is 9.98 Å². The molecule has 0 fully saturated rings. The second kappa shape index (κ2) is 10.3. The first-order valence-electron chi connectivity index (χ1n) is 7.47.